The van der Waals surface area contributed by atoms with Gasteiger partial charge in [-0.05, 0) is 141 Å². The Bertz CT molecular complexity index is 2180. The lowest BCUT2D eigenvalue weighted by Crippen LogP contribution is -2.67. The zero-order chi connectivity index (χ0) is 48.0. The van der Waals surface area contributed by atoms with Crippen molar-refractivity contribution in [2.45, 2.75) is 189 Å². The van der Waals surface area contributed by atoms with E-state index in [0.717, 1.165) is 57.8 Å². The molecule has 1 aromatic rings. The summed E-state index contributed by atoms with van der Waals surface area (Å²) in [5.74, 6) is 0.971. The SMILES string of the molecule is Cc1cn([C@H]2CC(N=[N+]=[N-])C(COC(=O)CCCC(=O)OC[C@]34CC[C@@H](C(C)C)[C@@H]3[C@H]3CC[C@@H]5[C@@]6(C)CC[C@H](OC(=O)CCCC(=O)O)C(C)(C)[C@@H]6CC[C@@]5(C)[C@]3(C)CC4)O2)c(=O)[nH]c1=O. The third-order valence-electron chi connectivity index (χ3n) is 19.0. The van der Waals surface area contributed by atoms with E-state index in [2.05, 4.69) is 63.5 Å². The summed E-state index contributed by atoms with van der Waals surface area (Å²) < 4.78 is 25.1. The summed E-state index contributed by atoms with van der Waals surface area (Å²) in [5, 5.41) is 12.8. The van der Waals surface area contributed by atoms with Crippen molar-refractivity contribution in [2.24, 2.45) is 67.7 Å². The Balaban J connectivity index is 0.946. The molecule has 2 unspecified atom stereocenters. The summed E-state index contributed by atoms with van der Waals surface area (Å²) in [6.07, 6.45) is 11.2. The standard InChI is InChI=1S/C50H75N5O11/c1-29(2)31-17-22-50(28-64-41(59)13-10-12-40(58)63-27-34-33(53-54-51)25-38(65-34)55-26-30(3)44(61)52-45(55)62)24-23-48(7)32(43(31)50)15-16-36-47(6)20-19-37(66-42(60)14-9-11-39(56)57)46(4,5)35(47)18-21-49(36,48)8/h26,29,31-38,43H,9-25,27-28H2,1-8H3,(H,56,57)(H,52,61,62)/t31-,32+,33?,34?,35-,36+,37-,38+,43+,47-,48+,49+,50+/m0/s1. The average Bonchev–Trinajstić information content (AvgIpc) is 3.84. The fourth-order valence-corrected chi connectivity index (χ4v) is 15.5. The van der Waals surface area contributed by atoms with Crippen LogP contribution in [0.2, 0.25) is 0 Å². The third-order valence-corrected chi connectivity index (χ3v) is 19.0. The van der Waals surface area contributed by atoms with E-state index in [4.69, 9.17) is 29.6 Å². The first-order valence-electron chi connectivity index (χ1n) is 24.8. The molecule has 13 atom stereocenters. The van der Waals surface area contributed by atoms with Gasteiger partial charge in [0.25, 0.3) is 5.56 Å². The second-order valence-corrected chi connectivity index (χ2v) is 22.9. The predicted octanol–water partition coefficient (Wildman–Crippen LogP) is 8.97. The molecule has 1 aliphatic heterocycles. The Morgan fingerprint density at radius 1 is 0.879 bits per heavy atom. The number of ether oxygens (including phenoxy) is 4. The minimum Gasteiger partial charge on any atom is -0.481 e. The van der Waals surface area contributed by atoms with Crippen molar-refractivity contribution < 1.29 is 43.2 Å². The van der Waals surface area contributed by atoms with Crippen LogP contribution >= 0.6 is 0 Å². The van der Waals surface area contributed by atoms with Crippen LogP contribution in [0.5, 0.6) is 0 Å². The summed E-state index contributed by atoms with van der Waals surface area (Å²) in [4.78, 5) is 79.7. The van der Waals surface area contributed by atoms with Crippen molar-refractivity contribution in [1.29, 1.82) is 0 Å². The van der Waals surface area contributed by atoms with Gasteiger partial charge in [-0.3, -0.25) is 33.5 Å². The summed E-state index contributed by atoms with van der Waals surface area (Å²) in [7, 11) is 0. The highest BCUT2D eigenvalue weighted by Crippen LogP contribution is 2.77. The van der Waals surface area contributed by atoms with E-state index in [1.807, 2.05) is 0 Å². The number of rotatable bonds is 16. The van der Waals surface area contributed by atoms with Gasteiger partial charge < -0.3 is 24.1 Å². The molecule has 0 spiro atoms. The second-order valence-electron chi connectivity index (χ2n) is 22.9. The summed E-state index contributed by atoms with van der Waals surface area (Å²) in [5.41, 5.74) is 8.39. The molecule has 16 nitrogen and oxygen atoms in total. The van der Waals surface area contributed by atoms with Gasteiger partial charge in [-0.25, -0.2) is 4.79 Å². The largest absolute Gasteiger partial charge is 0.481 e. The lowest BCUT2D eigenvalue weighted by atomic mass is 9.32. The Kier molecular flexibility index (Phi) is 14.4. The Hall–Kier alpha value is -4.17. The number of aliphatic carboxylic acids is 1. The fraction of sp³-hybridized carbons (Fsp3) is 0.840. The number of carbonyl (C=O) groups excluding carboxylic acids is 3. The molecule has 0 amide bonds. The van der Waals surface area contributed by atoms with E-state index in [0.29, 0.717) is 54.1 Å². The van der Waals surface area contributed by atoms with Crippen molar-refractivity contribution >= 4 is 23.9 Å². The topological polar surface area (TPSA) is 229 Å². The number of esters is 3. The maximum absolute atomic E-state index is 13.4. The normalized spacial score (nSPS) is 37.6. The fourth-order valence-electron chi connectivity index (χ4n) is 15.5. The molecule has 0 bridgehead atoms. The maximum Gasteiger partial charge on any atom is 0.330 e. The summed E-state index contributed by atoms with van der Waals surface area (Å²) >= 11 is 0. The van der Waals surface area contributed by atoms with Crippen molar-refractivity contribution in [1.82, 2.24) is 9.55 Å². The lowest BCUT2D eigenvalue weighted by Gasteiger charge is -2.73. The van der Waals surface area contributed by atoms with Gasteiger partial charge in [-0.1, -0.05) is 53.6 Å². The number of carbonyl (C=O) groups is 4. The molecule has 1 aromatic heterocycles. The number of carboxylic acids is 1. The number of H-pyrrole nitrogens is 1. The van der Waals surface area contributed by atoms with E-state index in [9.17, 15) is 28.8 Å². The minimum atomic E-state index is -0.897. The highest BCUT2D eigenvalue weighted by atomic mass is 16.6. The number of aromatic nitrogens is 2. The van der Waals surface area contributed by atoms with Gasteiger partial charge in [0.05, 0.1) is 12.6 Å². The molecule has 7 rings (SSSR count). The smallest absolute Gasteiger partial charge is 0.330 e. The number of nitrogens with one attached hydrogen (secondary N) is 1. The zero-order valence-corrected chi connectivity index (χ0v) is 40.6. The zero-order valence-electron chi connectivity index (χ0n) is 40.6. The van der Waals surface area contributed by atoms with E-state index in [-0.39, 0.29) is 90.2 Å². The van der Waals surface area contributed by atoms with Gasteiger partial charge in [0, 0.05) is 59.6 Å². The first kappa shape index (κ1) is 49.7. The molecule has 66 heavy (non-hydrogen) atoms. The second kappa shape index (κ2) is 19.1. The molecule has 366 valence electrons. The van der Waals surface area contributed by atoms with E-state index >= 15 is 0 Å². The van der Waals surface area contributed by atoms with Gasteiger partial charge in [0.15, 0.2) is 0 Å². The van der Waals surface area contributed by atoms with Crippen LogP contribution in [0, 0.1) is 69.5 Å². The van der Waals surface area contributed by atoms with Crippen LogP contribution < -0.4 is 11.2 Å². The molecule has 6 aliphatic rings. The Morgan fingerprint density at radius 2 is 1.58 bits per heavy atom. The molecule has 2 N–H and O–H groups in total. The molecule has 2 heterocycles. The van der Waals surface area contributed by atoms with E-state index < -0.39 is 41.6 Å². The van der Waals surface area contributed by atoms with Crippen LogP contribution in [-0.2, 0) is 38.1 Å². The van der Waals surface area contributed by atoms with Gasteiger partial charge in [0.1, 0.15) is 25.0 Å². The number of aryl methyl sites for hydroxylation is 1. The highest BCUT2D eigenvalue weighted by Gasteiger charge is 2.71. The number of carboxylic acid groups (broad SMARTS) is 1. The predicted molar refractivity (Wildman–Crippen MR) is 244 cm³/mol. The molecular formula is C50H75N5O11. The quantitative estimate of drug-likeness (QED) is 0.0522. The molecule has 6 fully saturated rings. The molecule has 16 heteroatoms. The molecule has 0 aromatic carbocycles. The van der Waals surface area contributed by atoms with Crippen molar-refractivity contribution in [3.8, 4) is 0 Å². The Labute approximate surface area is 388 Å². The number of azide groups is 1. The molecule has 5 saturated carbocycles. The van der Waals surface area contributed by atoms with Crippen molar-refractivity contribution in [3.05, 3.63) is 43.0 Å². The van der Waals surface area contributed by atoms with Crippen LogP contribution in [-0.4, -0.2) is 70.0 Å². The number of fused-ring (bicyclic) bond motifs is 7. The van der Waals surface area contributed by atoms with Gasteiger partial charge >= 0.3 is 29.6 Å². The van der Waals surface area contributed by atoms with Crippen LogP contribution in [0.1, 0.15) is 169 Å². The van der Waals surface area contributed by atoms with Gasteiger partial charge in [0.2, 0.25) is 0 Å². The average molecular weight is 922 g/mol. The Morgan fingerprint density at radius 3 is 2.27 bits per heavy atom. The van der Waals surface area contributed by atoms with E-state index in [1.165, 1.54) is 17.2 Å². The van der Waals surface area contributed by atoms with Gasteiger partial charge in [-0.2, -0.15) is 0 Å². The van der Waals surface area contributed by atoms with Crippen LogP contribution in [0.3, 0.4) is 0 Å². The number of nitrogens with zero attached hydrogens (tertiary/aromatic N) is 4. The van der Waals surface area contributed by atoms with Gasteiger partial charge in [-0.15, -0.1) is 0 Å². The van der Waals surface area contributed by atoms with Crippen LogP contribution in [0.15, 0.2) is 20.9 Å². The van der Waals surface area contributed by atoms with Crippen LogP contribution in [0.4, 0.5) is 0 Å². The van der Waals surface area contributed by atoms with E-state index in [1.54, 1.807) is 6.92 Å². The molecule has 0 radical (unpaired) electrons. The van der Waals surface area contributed by atoms with Crippen LogP contribution in [0.25, 0.3) is 10.4 Å². The first-order valence-corrected chi connectivity index (χ1v) is 24.8. The monoisotopic (exact) mass is 922 g/mol. The number of hydrogen-bond donors (Lipinski definition) is 2. The third kappa shape index (κ3) is 9.10. The molecular weight excluding hydrogens is 847 g/mol. The number of aromatic amines is 1. The lowest BCUT2D eigenvalue weighted by molar-refractivity contribution is -0.253. The van der Waals surface area contributed by atoms with Crippen molar-refractivity contribution in [2.75, 3.05) is 13.2 Å². The highest BCUT2D eigenvalue weighted by molar-refractivity contribution is 5.73. The first-order chi connectivity index (χ1) is 31.1. The van der Waals surface area contributed by atoms with Crippen molar-refractivity contribution in [3.63, 3.8) is 0 Å². The molecule has 5 aliphatic carbocycles. The summed E-state index contributed by atoms with van der Waals surface area (Å²) in [6.45, 7) is 18.8. The number of hydrogen-bond acceptors (Lipinski definition) is 11. The summed E-state index contributed by atoms with van der Waals surface area (Å²) in [6, 6.07) is -0.701. The maximum atomic E-state index is 13.4. The molecule has 1 saturated heterocycles. The minimum absolute atomic E-state index is 0.00323.